The molecule has 1 fully saturated rings. The van der Waals surface area contributed by atoms with Crippen LogP contribution in [0.3, 0.4) is 0 Å². The summed E-state index contributed by atoms with van der Waals surface area (Å²) in [5.74, 6) is 1.67. The first-order valence-corrected chi connectivity index (χ1v) is 16.8. The summed E-state index contributed by atoms with van der Waals surface area (Å²) in [6.45, 7) is 11.8. The Kier molecular flexibility index (Phi) is 11.4. The van der Waals surface area contributed by atoms with Gasteiger partial charge in [-0.15, -0.1) is 0 Å². The Labute approximate surface area is 266 Å². The van der Waals surface area contributed by atoms with Crippen LogP contribution in [-0.4, -0.2) is 73.8 Å². The molecule has 0 spiro atoms. The number of ether oxygens (including phenoxy) is 3. The molecular formula is C33H45N5O6S. The van der Waals surface area contributed by atoms with Gasteiger partial charge in [0.2, 0.25) is 0 Å². The number of sulfonamides is 1. The number of carbonyl (C=O) groups excluding carboxylic acids is 1. The van der Waals surface area contributed by atoms with Crippen molar-refractivity contribution in [3.63, 3.8) is 0 Å². The Morgan fingerprint density at radius 1 is 1.13 bits per heavy atom. The summed E-state index contributed by atoms with van der Waals surface area (Å²) in [6.07, 6.45) is 2.56. The molecule has 4 rings (SSSR count). The molecule has 1 aliphatic heterocycles. The SMILES string of the molecule is CCC(Oc1ccccc1C(C)Cc1ccc(OCc2ccnc(S(=O)(=O)NC)n2)cc1)C1CN(C(=O)OC(C)(C)C)CCN1. The Morgan fingerprint density at radius 3 is 2.56 bits per heavy atom. The molecule has 0 aliphatic carbocycles. The summed E-state index contributed by atoms with van der Waals surface area (Å²) in [6, 6.07) is 17.6. The monoisotopic (exact) mass is 639 g/mol. The summed E-state index contributed by atoms with van der Waals surface area (Å²) in [7, 11) is -2.42. The zero-order valence-corrected chi connectivity index (χ0v) is 27.8. The van der Waals surface area contributed by atoms with Crippen molar-refractivity contribution in [3.05, 3.63) is 77.6 Å². The number of nitrogens with one attached hydrogen (secondary N) is 2. The van der Waals surface area contributed by atoms with Crippen molar-refractivity contribution in [2.24, 2.45) is 0 Å². The highest BCUT2D eigenvalue weighted by atomic mass is 32.2. The summed E-state index contributed by atoms with van der Waals surface area (Å²) < 4.78 is 44.3. The average molecular weight is 640 g/mol. The molecule has 1 aliphatic rings. The van der Waals surface area contributed by atoms with Gasteiger partial charge in [-0.1, -0.05) is 44.2 Å². The van der Waals surface area contributed by atoms with E-state index in [-0.39, 0.29) is 35.9 Å². The molecule has 3 aromatic rings. The molecular weight excluding hydrogens is 594 g/mol. The Morgan fingerprint density at radius 2 is 1.87 bits per heavy atom. The Hall–Kier alpha value is -3.74. The van der Waals surface area contributed by atoms with Gasteiger partial charge < -0.3 is 24.4 Å². The van der Waals surface area contributed by atoms with E-state index in [1.807, 2.05) is 63.2 Å². The van der Waals surface area contributed by atoms with Gasteiger partial charge in [0.1, 0.15) is 29.8 Å². The predicted octanol–water partition coefficient (Wildman–Crippen LogP) is 4.68. The third kappa shape index (κ3) is 9.62. The van der Waals surface area contributed by atoms with E-state index < -0.39 is 15.6 Å². The third-order valence-electron chi connectivity index (χ3n) is 7.49. The lowest BCUT2D eigenvalue weighted by Crippen LogP contribution is -2.58. The summed E-state index contributed by atoms with van der Waals surface area (Å²) >= 11 is 0. The maximum Gasteiger partial charge on any atom is 0.410 e. The average Bonchev–Trinajstić information content (AvgIpc) is 3.03. The van der Waals surface area contributed by atoms with Crippen LogP contribution < -0.4 is 19.5 Å². The topological polar surface area (TPSA) is 132 Å². The molecule has 0 saturated carbocycles. The first-order chi connectivity index (χ1) is 21.4. The quantitative estimate of drug-likeness (QED) is 0.271. The fraction of sp³-hybridized carbons (Fsp3) is 0.485. The Bertz CT molecular complexity index is 1530. The van der Waals surface area contributed by atoms with Crippen LogP contribution in [0.5, 0.6) is 11.5 Å². The van der Waals surface area contributed by atoms with Crippen LogP contribution in [0, 0.1) is 0 Å². The van der Waals surface area contributed by atoms with E-state index in [9.17, 15) is 13.2 Å². The molecule has 3 unspecified atom stereocenters. The first kappa shape index (κ1) is 34.1. The number of amides is 1. The van der Waals surface area contributed by atoms with Gasteiger partial charge in [-0.25, -0.2) is 27.9 Å². The number of carbonyl (C=O) groups is 1. The fourth-order valence-electron chi connectivity index (χ4n) is 5.15. The zero-order valence-electron chi connectivity index (χ0n) is 26.9. The molecule has 2 heterocycles. The van der Waals surface area contributed by atoms with Crippen LogP contribution in [0.2, 0.25) is 0 Å². The van der Waals surface area contributed by atoms with Crippen molar-refractivity contribution in [1.82, 2.24) is 24.9 Å². The Balaban J connectivity index is 1.37. The molecule has 1 aromatic heterocycles. The number of aromatic nitrogens is 2. The second kappa shape index (κ2) is 15.0. The van der Waals surface area contributed by atoms with Crippen molar-refractivity contribution in [3.8, 4) is 11.5 Å². The third-order valence-corrected chi connectivity index (χ3v) is 8.70. The molecule has 0 radical (unpaired) electrons. The molecule has 2 aromatic carbocycles. The van der Waals surface area contributed by atoms with E-state index in [1.165, 1.54) is 13.2 Å². The molecule has 0 bridgehead atoms. The van der Waals surface area contributed by atoms with Crippen molar-refractivity contribution in [1.29, 1.82) is 0 Å². The molecule has 2 N–H and O–H groups in total. The molecule has 1 saturated heterocycles. The highest BCUT2D eigenvalue weighted by Crippen LogP contribution is 2.31. The van der Waals surface area contributed by atoms with Gasteiger partial charge >= 0.3 is 6.09 Å². The van der Waals surface area contributed by atoms with Gasteiger partial charge in [0.15, 0.2) is 0 Å². The molecule has 45 heavy (non-hydrogen) atoms. The van der Waals surface area contributed by atoms with E-state index >= 15 is 0 Å². The zero-order chi connectivity index (χ0) is 32.6. The predicted molar refractivity (Wildman–Crippen MR) is 172 cm³/mol. The van der Waals surface area contributed by atoms with Gasteiger partial charge in [-0.3, -0.25) is 0 Å². The van der Waals surface area contributed by atoms with E-state index in [0.717, 1.165) is 29.7 Å². The highest BCUT2D eigenvalue weighted by molar-refractivity contribution is 7.89. The molecule has 12 heteroatoms. The van der Waals surface area contributed by atoms with Gasteiger partial charge in [0.05, 0.1) is 11.7 Å². The van der Waals surface area contributed by atoms with Crippen molar-refractivity contribution < 1.29 is 27.4 Å². The van der Waals surface area contributed by atoms with Gasteiger partial charge in [-0.05, 0) is 82.0 Å². The van der Waals surface area contributed by atoms with E-state index in [4.69, 9.17) is 14.2 Å². The largest absolute Gasteiger partial charge is 0.488 e. The second-order valence-corrected chi connectivity index (χ2v) is 13.9. The first-order valence-electron chi connectivity index (χ1n) is 15.3. The van der Waals surface area contributed by atoms with Crippen LogP contribution in [0.4, 0.5) is 4.79 Å². The van der Waals surface area contributed by atoms with Gasteiger partial charge in [-0.2, -0.15) is 0 Å². The van der Waals surface area contributed by atoms with E-state index in [1.54, 1.807) is 11.0 Å². The lowest BCUT2D eigenvalue weighted by atomic mass is 9.93. The lowest BCUT2D eigenvalue weighted by molar-refractivity contribution is 0.0128. The van der Waals surface area contributed by atoms with Crippen LogP contribution in [0.1, 0.15) is 63.8 Å². The molecule has 1 amide bonds. The van der Waals surface area contributed by atoms with E-state index in [2.05, 4.69) is 39.9 Å². The van der Waals surface area contributed by atoms with E-state index in [0.29, 0.717) is 31.1 Å². The molecule has 244 valence electrons. The number of rotatable bonds is 12. The summed E-state index contributed by atoms with van der Waals surface area (Å²) in [4.78, 5) is 22.4. The molecule has 3 atom stereocenters. The van der Waals surface area contributed by atoms with Crippen LogP contribution in [0.15, 0.2) is 66.0 Å². The smallest absolute Gasteiger partial charge is 0.410 e. The number of benzene rings is 2. The standard InChI is InChI=1S/C33H45N5O6S/c1-7-29(28-21-38(19-18-35-28)32(39)44-33(3,4)5)43-30-11-9-8-10-27(30)23(2)20-24-12-14-26(15-13-24)42-22-25-16-17-36-31(37-25)45(40,41)34-6/h8-17,23,28-29,34-35H,7,18-22H2,1-6H3. The number of hydrogen-bond donors (Lipinski definition) is 2. The fourth-order valence-corrected chi connectivity index (χ4v) is 5.77. The van der Waals surface area contributed by atoms with Crippen LogP contribution >= 0.6 is 0 Å². The van der Waals surface area contributed by atoms with Gasteiger partial charge in [0, 0.05) is 25.8 Å². The minimum atomic E-state index is -3.73. The minimum absolute atomic E-state index is 0.0196. The minimum Gasteiger partial charge on any atom is -0.488 e. The maximum absolute atomic E-state index is 12.7. The number of piperazine rings is 1. The van der Waals surface area contributed by atoms with Crippen LogP contribution in [0.25, 0.3) is 0 Å². The normalized spacial score (nSPS) is 16.9. The molecule has 11 nitrogen and oxygen atoms in total. The van der Waals surface area contributed by atoms with Gasteiger partial charge in [0.25, 0.3) is 15.2 Å². The van der Waals surface area contributed by atoms with Crippen molar-refractivity contribution in [2.75, 3.05) is 26.7 Å². The van der Waals surface area contributed by atoms with Crippen molar-refractivity contribution >= 4 is 16.1 Å². The lowest BCUT2D eigenvalue weighted by Gasteiger charge is -2.38. The van der Waals surface area contributed by atoms with Crippen molar-refractivity contribution in [2.45, 2.75) is 82.9 Å². The summed E-state index contributed by atoms with van der Waals surface area (Å²) in [5, 5.41) is 3.25. The van der Waals surface area contributed by atoms with Crippen LogP contribution in [-0.2, 0) is 27.8 Å². The highest BCUT2D eigenvalue weighted by Gasteiger charge is 2.32. The maximum atomic E-state index is 12.7. The second-order valence-electron chi connectivity index (χ2n) is 12.2. The number of para-hydroxylation sites is 1. The number of nitrogens with zero attached hydrogens (tertiary/aromatic N) is 3. The number of hydrogen-bond acceptors (Lipinski definition) is 9. The summed E-state index contributed by atoms with van der Waals surface area (Å²) in [5.41, 5.74) is 2.18.